The molecule has 0 atom stereocenters. The molecule has 2 rings (SSSR count). The van der Waals surface area contributed by atoms with E-state index in [2.05, 4.69) is 16.9 Å². The van der Waals surface area contributed by atoms with Gasteiger partial charge < -0.3 is 9.47 Å². The number of hydrogen-bond donors (Lipinski definition) is 0. The van der Waals surface area contributed by atoms with Crippen molar-refractivity contribution >= 4 is 27.7 Å². The van der Waals surface area contributed by atoms with Gasteiger partial charge in [0.05, 0.1) is 5.39 Å². The average molecular weight is 294 g/mol. The fourth-order valence-electron chi connectivity index (χ4n) is 1.68. The minimum absolute atomic E-state index is 0.253. The van der Waals surface area contributed by atoms with Crippen molar-refractivity contribution in [3.05, 3.63) is 17.3 Å². The monoisotopic (exact) mass is 294 g/mol. The Morgan fingerprint density at radius 1 is 1.35 bits per heavy atom. The predicted molar refractivity (Wildman–Crippen MR) is 78.3 cm³/mol. The molecular formula is C14H18N2O3S. The van der Waals surface area contributed by atoms with Gasteiger partial charge in [-0.05, 0) is 33.3 Å². The van der Waals surface area contributed by atoms with Crippen LogP contribution in [0.2, 0.25) is 0 Å². The van der Waals surface area contributed by atoms with E-state index in [1.807, 2.05) is 6.07 Å². The third kappa shape index (κ3) is 3.66. The van der Waals surface area contributed by atoms with Crippen LogP contribution in [0.4, 0.5) is 4.79 Å². The van der Waals surface area contributed by atoms with Gasteiger partial charge in [-0.2, -0.15) is 0 Å². The first kappa shape index (κ1) is 14.7. The summed E-state index contributed by atoms with van der Waals surface area (Å²) in [6, 6.07) is 1.98. The maximum absolute atomic E-state index is 11.7. The normalized spacial score (nSPS) is 11.6. The molecule has 108 valence electrons. The molecule has 2 heterocycles. The summed E-state index contributed by atoms with van der Waals surface area (Å²) >= 11 is 1.59. The molecule has 2 aromatic heterocycles. The number of aryl methyl sites for hydroxylation is 1. The highest BCUT2D eigenvalue weighted by atomic mass is 32.1. The lowest BCUT2D eigenvalue weighted by Gasteiger charge is -2.18. The quantitative estimate of drug-likeness (QED) is 0.802. The smallest absolute Gasteiger partial charge is 0.428 e. The molecule has 5 nitrogen and oxygen atoms in total. The van der Waals surface area contributed by atoms with Crippen LogP contribution in [0.25, 0.3) is 10.2 Å². The predicted octanol–water partition coefficient (Wildman–Crippen LogP) is 3.96. The minimum Gasteiger partial charge on any atom is -0.428 e. The Bertz CT molecular complexity index is 616. The summed E-state index contributed by atoms with van der Waals surface area (Å²) in [5.41, 5.74) is -0.592. The van der Waals surface area contributed by atoms with Crippen LogP contribution in [0.1, 0.15) is 39.0 Å². The lowest BCUT2D eigenvalue weighted by atomic mass is 10.2. The molecule has 0 unspecified atom stereocenters. The standard InChI is InChI=1S/C14H18N2O3S/c1-5-6-9-7-10-11(15-8-16-12(10)20-9)18-13(17)19-14(2,3)4/h7-8H,5-6H2,1-4H3. The number of aromatic nitrogens is 2. The fraction of sp³-hybridized carbons (Fsp3) is 0.500. The van der Waals surface area contributed by atoms with Gasteiger partial charge in [0, 0.05) is 4.88 Å². The highest BCUT2D eigenvalue weighted by molar-refractivity contribution is 7.18. The SMILES string of the molecule is CCCc1cc2c(OC(=O)OC(C)(C)C)ncnc2s1. The Labute approximate surface area is 122 Å². The molecule has 0 aromatic carbocycles. The summed E-state index contributed by atoms with van der Waals surface area (Å²) in [6.45, 7) is 7.48. The number of ether oxygens (including phenoxy) is 2. The summed E-state index contributed by atoms with van der Waals surface area (Å²) in [7, 11) is 0. The summed E-state index contributed by atoms with van der Waals surface area (Å²) in [5.74, 6) is 0.253. The Balaban J connectivity index is 2.23. The van der Waals surface area contributed by atoms with Crippen molar-refractivity contribution in [1.29, 1.82) is 0 Å². The van der Waals surface area contributed by atoms with Gasteiger partial charge in [-0.25, -0.2) is 14.8 Å². The topological polar surface area (TPSA) is 61.3 Å². The van der Waals surface area contributed by atoms with Gasteiger partial charge in [-0.15, -0.1) is 11.3 Å². The van der Waals surface area contributed by atoms with Crippen molar-refractivity contribution in [2.75, 3.05) is 0 Å². The summed E-state index contributed by atoms with van der Waals surface area (Å²) < 4.78 is 10.3. The van der Waals surface area contributed by atoms with E-state index in [0.717, 1.165) is 23.1 Å². The molecule has 0 aliphatic rings. The second kappa shape index (κ2) is 5.75. The van der Waals surface area contributed by atoms with Gasteiger partial charge in [0.1, 0.15) is 16.8 Å². The average Bonchev–Trinajstić information content (AvgIpc) is 2.70. The zero-order valence-electron chi connectivity index (χ0n) is 12.1. The van der Waals surface area contributed by atoms with Crippen LogP contribution in [0, 0.1) is 0 Å². The molecule has 20 heavy (non-hydrogen) atoms. The van der Waals surface area contributed by atoms with E-state index in [1.165, 1.54) is 11.2 Å². The number of carbonyl (C=O) groups excluding carboxylic acids is 1. The van der Waals surface area contributed by atoms with Gasteiger partial charge >= 0.3 is 6.16 Å². The van der Waals surface area contributed by atoms with Crippen molar-refractivity contribution in [2.24, 2.45) is 0 Å². The first-order chi connectivity index (χ1) is 9.39. The summed E-state index contributed by atoms with van der Waals surface area (Å²) in [5, 5.41) is 0.756. The maximum atomic E-state index is 11.7. The zero-order chi connectivity index (χ0) is 14.8. The van der Waals surface area contributed by atoms with Crippen LogP contribution in [0.15, 0.2) is 12.4 Å². The summed E-state index contributed by atoms with van der Waals surface area (Å²) in [4.78, 5) is 22.0. The molecule has 6 heteroatoms. The first-order valence-corrected chi connectivity index (χ1v) is 7.35. The Morgan fingerprint density at radius 3 is 2.75 bits per heavy atom. The number of rotatable bonds is 3. The molecule has 0 fully saturated rings. The highest BCUT2D eigenvalue weighted by Gasteiger charge is 2.20. The van der Waals surface area contributed by atoms with Crippen LogP contribution < -0.4 is 4.74 Å². The number of thiophene rings is 1. The molecule has 0 amide bonds. The van der Waals surface area contributed by atoms with Crippen molar-refractivity contribution in [1.82, 2.24) is 9.97 Å². The van der Waals surface area contributed by atoms with Crippen molar-refractivity contribution in [2.45, 2.75) is 46.1 Å². The Hall–Kier alpha value is -1.69. The van der Waals surface area contributed by atoms with Crippen molar-refractivity contribution in [3.63, 3.8) is 0 Å². The van der Waals surface area contributed by atoms with Gasteiger partial charge in [-0.3, -0.25) is 0 Å². The molecule has 2 aromatic rings. The van der Waals surface area contributed by atoms with Gasteiger partial charge in [-0.1, -0.05) is 13.3 Å². The number of hydrogen-bond acceptors (Lipinski definition) is 6. The molecule has 0 aliphatic carbocycles. The number of nitrogens with zero attached hydrogens (tertiary/aromatic N) is 2. The van der Waals surface area contributed by atoms with E-state index in [4.69, 9.17) is 9.47 Å². The number of carbonyl (C=O) groups is 1. The third-order valence-corrected chi connectivity index (χ3v) is 3.51. The molecule has 0 saturated heterocycles. The van der Waals surface area contributed by atoms with Crippen molar-refractivity contribution < 1.29 is 14.3 Å². The van der Waals surface area contributed by atoms with Crippen LogP contribution in [-0.2, 0) is 11.2 Å². The first-order valence-electron chi connectivity index (χ1n) is 6.53. The van der Waals surface area contributed by atoms with E-state index >= 15 is 0 Å². The Morgan fingerprint density at radius 2 is 2.10 bits per heavy atom. The fourth-order valence-corrected chi connectivity index (χ4v) is 2.77. The van der Waals surface area contributed by atoms with Crippen LogP contribution in [-0.4, -0.2) is 21.7 Å². The largest absolute Gasteiger partial charge is 0.515 e. The van der Waals surface area contributed by atoms with Crippen LogP contribution >= 0.6 is 11.3 Å². The van der Waals surface area contributed by atoms with Crippen LogP contribution in [0.3, 0.4) is 0 Å². The zero-order valence-corrected chi connectivity index (χ0v) is 12.9. The molecular weight excluding hydrogens is 276 g/mol. The van der Waals surface area contributed by atoms with Gasteiger partial charge in [0.25, 0.3) is 0 Å². The summed E-state index contributed by atoms with van der Waals surface area (Å²) in [6.07, 6.45) is 2.68. The Kier molecular flexibility index (Phi) is 4.23. The molecule has 0 N–H and O–H groups in total. The second-order valence-electron chi connectivity index (χ2n) is 5.43. The number of fused-ring (bicyclic) bond motifs is 1. The lowest BCUT2D eigenvalue weighted by Crippen LogP contribution is -2.26. The van der Waals surface area contributed by atoms with E-state index in [9.17, 15) is 4.79 Å². The highest BCUT2D eigenvalue weighted by Crippen LogP contribution is 2.30. The van der Waals surface area contributed by atoms with Gasteiger partial charge in [0.2, 0.25) is 5.88 Å². The van der Waals surface area contributed by atoms with E-state index in [0.29, 0.717) is 0 Å². The van der Waals surface area contributed by atoms with Crippen LogP contribution in [0.5, 0.6) is 5.88 Å². The van der Waals surface area contributed by atoms with Gasteiger partial charge in [0.15, 0.2) is 0 Å². The third-order valence-electron chi connectivity index (χ3n) is 2.41. The van der Waals surface area contributed by atoms with Crippen molar-refractivity contribution in [3.8, 4) is 5.88 Å². The van der Waals surface area contributed by atoms with E-state index in [-0.39, 0.29) is 5.88 Å². The maximum Gasteiger partial charge on any atom is 0.515 e. The molecule has 0 bridgehead atoms. The lowest BCUT2D eigenvalue weighted by molar-refractivity contribution is 0.0200. The van der Waals surface area contributed by atoms with E-state index in [1.54, 1.807) is 32.1 Å². The van der Waals surface area contributed by atoms with E-state index < -0.39 is 11.8 Å². The molecule has 0 spiro atoms. The molecule has 0 aliphatic heterocycles. The second-order valence-corrected chi connectivity index (χ2v) is 6.54. The minimum atomic E-state index is -0.749. The molecule has 0 saturated carbocycles. The molecule has 0 radical (unpaired) electrons.